The maximum Gasteiger partial charge on any atom is 0.324 e. The molecule has 10 heteroatoms. The third kappa shape index (κ3) is 5.59. The van der Waals surface area contributed by atoms with Gasteiger partial charge in [-0.1, -0.05) is 0 Å². The number of anilines is 1. The van der Waals surface area contributed by atoms with Gasteiger partial charge < -0.3 is 15.1 Å². The maximum atomic E-state index is 12.3. The maximum absolute atomic E-state index is 12.3. The monoisotopic (exact) mass is 406 g/mol. The second kappa shape index (κ2) is 8.91. The van der Waals surface area contributed by atoms with Crippen molar-refractivity contribution in [2.75, 3.05) is 19.0 Å². The van der Waals surface area contributed by atoms with Crippen molar-refractivity contribution in [1.29, 1.82) is 0 Å². The van der Waals surface area contributed by atoms with Gasteiger partial charge in [-0.2, -0.15) is 15.0 Å². The first-order valence-corrected chi connectivity index (χ1v) is 9.81. The third-order valence-corrected chi connectivity index (χ3v) is 5.28. The van der Waals surface area contributed by atoms with Gasteiger partial charge in [0.05, 0.1) is 22.4 Å². The largest absolute Gasteiger partial charge is 0.480 e. The van der Waals surface area contributed by atoms with E-state index < -0.39 is 28.1 Å². The summed E-state index contributed by atoms with van der Waals surface area (Å²) in [6.45, 7) is 1.19. The molecular formula is C18H22N4O5S. The van der Waals surface area contributed by atoms with Gasteiger partial charge in [-0.25, -0.2) is 8.42 Å². The van der Waals surface area contributed by atoms with Crippen LogP contribution >= 0.6 is 0 Å². The van der Waals surface area contributed by atoms with Crippen molar-refractivity contribution >= 4 is 33.1 Å². The molecule has 0 aliphatic rings. The number of rotatable bonds is 8. The van der Waals surface area contributed by atoms with Gasteiger partial charge in [0.15, 0.2) is 0 Å². The van der Waals surface area contributed by atoms with Crippen LogP contribution < -0.4 is 9.62 Å². The molecule has 0 spiro atoms. The Hall–Kier alpha value is -2.82. The van der Waals surface area contributed by atoms with Crippen molar-refractivity contribution in [3.63, 3.8) is 0 Å². The first-order chi connectivity index (χ1) is 13.1. The Bertz CT molecular complexity index is 939. The molecule has 2 rings (SSSR count). The highest BCUT2D eigenvalue weighted by atomic mass is 32.2. The lowest BCUT2D eigenvalue weighted by Crippen LogP contribution is -2.47. The van der Waals surface area contributed by atoms with Crippen LogP contribution in [0.1, 0.15) is 6.92 Å². The van der Waals surface area contributed by atoms with Gasteiger partial charge in [0, 0.05) is 19.8 Å². The number of hydrogen-bond acceptors (Lipinski definition) is 7. The number of carboxylic acid groups (broad SMARTS) is 1. The molecule has 3 N–H and O–H groups in total. The van der Waals surface area contributed by atoms with Crippen LogP contribution in [-0.4, -0.2) is 50.8 Å². The molecule has 0 unspecified atom stereocenters. The molecule has 0 fully saturated rings. The van der Waals surface area contributed by atoms with Crippen LogP contribution in [0.2, 0.25) is 0 Å². The topological polar surface area (TPSA) is 132 Å². The van der Waals surface area contributed by atoms with Crippen molar-refractivity contribution < 1.29 is 23.4 Å². The zero-order chi connectivity index (χ0) is 20.9. The number of aliphatic hydroxyl groups excluding tert-OH is 1. The minimum Gasteiger partial charge on any atom is -0.480 e. The molecule has 0 aliphatic heterocycles. The Morgan fingerprint density at radius 1 is 1.00 bits per heavy atom. The average Bonchev–Trinajstić information content (AvgIpc) is 2.64. The second-order valence-corrected chi connectivity index (χ2v) is 8.00. The SMILES string of the molecule is C[C@@H](O)[C@H](NS(=O)(=O)c1ccc(N=Nc2ccc(N(C)C)cc2)cc1)C(=O)O. The molecular weight excluding hydrogens is 384 g/mol. The fraction of sp³-hybridized carbons (Fsp3) is 0.278. The second-order valence-electron chi connectivity index (χ2n) is 6.28. The van der Waals surface area contributed by atoms with Crippen molar-refractivity contribution in [3.05, 3.63) is 48.5 Å². The van der Waals surface area contributed by atoms with Crippen LogP contribution in [-0.2, 0) is 14.8 Å². The summed E-state index contributed by atoms with van der Waals surface area (Å²) in [4.78, 5) is 12.9. The van der Waals surface area contributed by atoms with Crippen molar-refractivity contribution in [2.45, 2.75) is 24.0 Å². The summed E-state index contributed by atoms with van der Waals surface area (Å²) in [6, 6.07) is 11.2. The highest BCUT2D eigenvalue weighted by Gasteiger charge is 2.29. The number of carbonyl (C=O) groups is 1. The molecule has 9 nitrogen and oxygen atoms in total. The average molecular weight is 406 g/mol. The molecule has 150 valence electrons. The Morgan fingerprint density at radius 3 is 1.86 bits per heavy atom. The van der Waals surface area contributed by atoms with Gasteiger partial charge >= 0.3 is 5.97 Å². The van der Waals surface area contributed by atoms with Crippen LogP contribution in [0, 0.1) is 0 Å². The van der Waals surface area contributed by atoms with E-state index in [9.17, 15) is 18.3 Å². The molecule has 0 saturated heterocycles. The van der Waals surface area contributed by atoms with Crippen LogP contribution in [0.4, 0.5) is 17.1 Å². The predicted octanol–water partition coefficient (Wildman–Crippen LogP) is 2.28. The number of benzene rings is 2. The number of aliphatic hydroxyl groups is 1. The number of azo groups is 1. The van der Waals surface area contributed by atoms with Gasteiger partial charge in [0.2, 0.25) is 10.0 Å². The fourth-order valence-electron chi connectivity index (χ4n) is 2.22. The van der Waals surface area contributed by atoms with E-state index in [0.29, 0.717) is 11.4 Å². The number of aliphatic carboxylic acids is 1. The van der Waals surface area contributed by atoms with Crippen LogP contribution in [0.15, 0.2) is 63.7 Å². The van der Waals surface area contributed by atoms with Crippen LogP contribution in [0.5, 0.6) is 0 Å². The quantitative estimate of drug-likeness (QED) is 0.576. The van der Waals surface area contributed by atoms with E-state index in [-0.39, 0.29) is 4.90 Å². The van der Waals surface area contributed by atoms with Crippen molar-refractivity contribution in [3.8, 4) is 0 Å². The van der Waals surface area contributed by atoms with Crippen LogP contribution in [0.25, 0.3) is 0 Å². The Morgan fingerprint density at radius 2 is 1.46 bits per heavy atom. The lowest BCUT2D eigenvalue weighted by Gasteiger charge is -2.17. The molecule has 0 aliphatic carbocycles. The van der Waals surface area contributed by atoms with Gasteiger partial charge in [-0.15, -0.1) is 0 Å². The molecule has 0 bridgehead atoms. The van der Waals surface area contributed by atoms with E-state index in [0.717, 1.165) is 5.69 Å². The first kappa shape index (κ1) is 21.5. The lowest BCUT2D eigenvalue weighted by molar-refractivity contribution is -0.141. The summed E-state index contributed by atoms with van der Waals surface area (Å²) in [5.41, 5.74) is 2.10. The van der Waals surface area contributed by atoms with Crippen molar-refractivity contribution in [2.24, 2.45) is 10.2 Å². The fourth-order valence-corrected chi connectivity index (χ4v) is 3.48. The van der Waals surface area contributed by atoms with Gasteiger partial charge in [-0.05, 0) is 55.5 Å². The molecule has 0 heterocycles. The smallest absolute Gasteiger partial charge is 0.324 e. The van der Waals surface area contributed by atoms with E-state index >= 15 is 0 Å². The summed E-state index contributed by atoms with van der Waals surface area (Å²) >= 11 is 0. The van der Waals surface area contributed by atoms with E-state index in [4.69, 9.17) is 5.11 Å². The highest BCUT2D eigenvalue weighted by molar-refractivity contribution is 7.89. The third-order valence-electron chi connectivity index (χ3n) is 3.82. The van der Waals surface area contributed by atoms with E-state index in [2.05, 4.69) is 10.2 Å². The summed E-state index contributed by atoms with van der Waals surface area (Å²) < 4.78 is 26.5. The molecule has 2 aromatic rings. The Labute approximate surface area is 163 Å². The molecule has 2 aromatic carbocycles. The summed E-state index contributed by atoms with van der Waals surface area (Å²) in [5.74, 6) is -1.47. The molecule has 2 atom stereocenters. The Kier molecular flexibility index (Phi) is 6.84. The highest BCUT2D eigenvalue weighted by Crippen LogP contribution is 2.22. The number of hydrogen-bond donors (Lipinski definition) is 3. The minimum absolute atomic E-state index is 0.145. The number of nitrogens with zero attached hydrogens (tertiary/aromatic N) is 3. The Balaban J connectivity index is 2.12. The summed E-state index contributed by atoms with van der Waals surface area (Å²) in [5, 5.41) is 26.6. The van der Waals surface area contributed by atoms with Crippen molar-refractivity contribution in [1.82, 2.24) is 4.72 Å². The molecule has 0 saturated carbocycles. The normalized spacial score (nSPS) is 14.0. The van der Waals surface area contributed by atoms with Gasteiger partial charge in [0.1, 0.15) is 6.04 Å². The van der Waals surface area contributed by atoms with E-state index in [1.54, 1.807) is 0 Å². The summed E-state index contributed by atoms with van der Waals surface area (Å²) in [6.07, 6.45) is -1.39. The van der Waals surface area contributed by atoms with Gasteiger partial charge in [0.25, 0.3) is 0 Å². The zero-order valence-electron chi connectivity index (χ0n) is 15.6. The van der Waals surface area contributed by atoms with Crippen LogP contribution in [0.3, 0.4) is 0 Å². The first-order valence-electron chi connectivity index (χ1n) is 8.32. The number of carboxylic acids is 1. The standard InChI is InChI=1S/C18H22N4O5S/c1-12(23)17(18(24)25)21-28(26,27)16-10-6-14(7-11-16)20-19-13-4-8-15(9-5-13)22(2)3/h4-12,17,21,23H,1-3H3,(H,24,25)/t12-,17+/m1/s1. The molecule has 0 amide bonds. The molecule has 0 radical (unpaired) electrons. The van der Waals surface area contributed by atoms with E-state index in [1.165, 1.54) is 31.2 Å². The predicted molar refractivity (Wildman–Crippen MR) is 105 cm³/mol. The van der Waals surface area contributed by atoms with Gasteiger partial charge in [-0.3, -0.25) is 4.79 Å². The zero-order valence-corrected chi connectivity index (χ0v) is 16.5. The number of nitrogens with one attached hydrogen (secondary N) is 1. The molecule has 28 heavy (non-hydrogen) atoms. The number of sulfonamides is 1. The minimum atomic E-state index is -4.11. The lowest BCUT2D eigenvalue weighted by atomic mass is 10.2. The summed E-state index contributed by atoms with van der Waals surface area (Å²) in [7, 11) is -0.251. The molecule has 0 aromatic heterocycles. The van der Waals surface area contributed by atoms with E-state index in [1.807, 2.05) is 48.0 Å².